The number of hydrogen-bond donors (Lipinski definition) is 1. The van der Waals surface area contributed by atoms with Crippen LogP contribution in [0.2, 0.25) is 0 Å². The Balaban J connectivity index is 1.87. The van der Waals surface area contributed by atoms with E-state index in [1.807, 2.05) is 0 Å². The summed E-state index contributed by atoms with van der Waals surface area (Å²) in [6.07, 6.45) is 5.96. The van der Waals surface area contributed by atoms with Gasteiger partial charge in [0.15, 0.2) is 0 Å². The molecule has 1 unspecified atom stereocenters. The number of likely N-dealkylation sites (N-methyl/N-ethyl adjacent to an activating group) is 1. The summed E-state index contributed by atoms with van der Waals surface area (Å²) in [5.74, 6) is 2.17. The SMILES string of the molecule is CCN(CC)CC(O)COc1ccc2c(c1C(C)C)CC[C@H]1C(C)(C)CCC[C@]21C. The van der Waals surface area contributed by atoms with Crippen molar-refractivity contribution >= 4 is 0 Å². The third-order valence-electron chi connectivity index (χ3n) is 8.22. The zero-order valence-corrected chi connectivity index (χ0v) is 20.6. The molecule has 0 saturated heterocycles. The molecule has 0 bridgehead atoms. The lowest BCUT2D eigenvalue weighted by atomic mass is 9.50. The minimum Gasteiger partial charge on any atom is -0.491 e. The fourth-order valence-corrected chi connectivity index (χ4v) is 6.67. The molecule has 3 rings (SSSR count). The second kappa shape index (κ2) is 9.20. The smallest absolute Gasteiger partial charge is 0.123 e. The van der Waals surface area contributed by atoms with Crippen LogP contribution in [0.5, 0.6) is 5.75 Å². The third-order valence-corrected chi connectivity index (χ3v) is 8.22. The molecule has 0 radical (unpaired) electrons. The van der Waals surface area contributed by atoms with Gasteiger partial charge in [-0.25, -0.2) is 0 Å². The molecule has 3 heteroatoms. The van der Waals surface area contributed by atoms with E-state index in [4.69, 9.17) is 4.74 Å². The average molecular weight is 416 g/mol. The van der Waals surface area contributed by atoms with E-state index in [1.165, 1.54) is 36.8 Å². The van der Waals surface area contributed by atoms with Crippen LogP contribution in [-0.4, -0.2) is 42.4 Å². The second-order valence-corrected chi connectivity index (χ2v) is 11.0. The quantitative estimate of drug-likeness (QED) is 0.572. The summed E-state index contributed by atoms with van der Waals surface area (Å²) in [6.45, 7) is 19.3. The van der Waals surface area contributed by atoms with Crippen molar-refractivity contribution in [2.75, 3.05) is 26.2 Å². The fourth-order valence-electron chi connectivity index (χ4n) is 6.67. The van der Waals surface area contributed by atoms with Crippen molar-refractivity contribution < 1.29 is 9.84 Å². The number of nitrogens with zero attached hydrogens (tertiary/aromatic N) is 1. The molecule has 0 heterocycles. The lowest BCUT2D eigenvalue weighted by Gasteiger charge is -2.54. The van der Waals surface area contributed by atoms with E-state index in [9.17, 15) is 5.11 Å². The van der Waals surface area contributed by atoms with Crippen LogP contribution < -0.4 is 4.74 Å². The normalized spacial score (nSPS) is 26.4. The molecule has 1 saturated carbocycles. The number of rotatable bonds is 8. The summed E-state index contributed by atoms with van der Waals surface area (Å²) in [5, 5.41) is 10.5. The molecular formula is C27H45NO2. The molecule has 0 aromatic heterocycles. The van der Waals surface area contributed by atoms with Crippen molar-refractivity contribution in [3.8, 4) is 5.75 Å². The van der Waals surface area contributed by atoms with E-state index < -0.39 is 6.10 Å². The van der Waals surface area contributed by atoms with Crippen molar-refractivity contribution in [1.82, 2.24) is 4.90 Å². The first-order valence-corrected chi connectivity index (χ1v) is 12.3. The summed E-state index contributed by atoms with van der Waals surface area (Å²) >= 11 is 0. The molecule has 3 nitrogen and oxygen atoms in total. The van der Waals surface area contributed by atoms with Gasteiger partial charge in [0.2, 0.25) is 0 Å². The molecule has 3 atom stereocenters. The summed E-state index contributed by atoms with van der Waals surface area (Å²) in [6, 6.07) is 4.56. The van der Waals surface area contributed by atoms with Crippen molar-refractivity contribution in [1.29, 1.82) is 0 Å². The van der Waals surface area contributed by atoms with E-state index in [-0.39, 0.29) is 5.41 Å². The molecule has 0 aliphatic heterocycles. The Morgan fingerprint density at radius 3 is 2.47 bits per heavy atom. The predicted octanol–water partition coefficient (Wildman–Crippen LogP) is 5.92. The molecule has 1 aromatic carbocycles. The number of fused-ring (bicyclic) bond motifs is 3. The lowest BCUT2D eigenvalue weighted by Crippen LogP contribution is -2.48. The van der Waals surface area contributed by atoms with Crippen LogP contribution in [0.3, 0.4) is 0 Å². The molecule has 30 heavy (non-hydrogen) atoms. The summed E-state index contributed by atoms with van der Waals surface area (Å²) in [4.78, 5) is 2.25. The maximum absolute atomic E-state index is 10.5. The Kier molecular flexibility index (Phi) is 7.24. The first kappa shape index (κ1) is 23.6. The zero-order chi connectivity index (χ0) is 22.1. The minimum absolute atomic E-state index is 0.278. The van der Waals surface area contributed by atoms with Gasteiger partial charge in [-0.05, 0) is 78.6 Å². The summed E-state index contributed by atoms with van der Waals surface area (Å²) in [5.41, 5.74) is 5.20. The number of benzene rings is 1. The van der Waals surface area contributed by atoms with Gasteiger partial charge in [0.05, 0.1) is 0 Å². The zero-order valence-electron chi connectivity index (χ0n) is 20.6. The topological polar surface area (TPSA) is 32.7 Å². The first-order valence-electron chi connectivity index (χ1n) is 12.3. The van der Waals surface area contributed by atoms with Gasteiger partial charge in [-0.3, -0.25) is 0 Å². The van der Waals surface area contributed by atoms with Crippen LogP contribution in [0.1, 0.15) is 96.8 Å². The molecule has 0 spiro atoms. The van der Waals surface area contributed by atoms with Crippen LogP contribution in [0.25, 0.3) is 0 Å². The van der Waals surface area contributed by atoms with Gasteiger partial charge >= 0.3 is 0 Å². The highest BCUT2D eigenvalue weighted by atomic mass is 16.5. The number of aliphatic hydroxyl groups is 1. The Morgan fingerprint density at radius 1 is 1.13 bits per heavy atom. The Labute approximate surface area is 185 Å². The van der Waals surface area contributed by atoms with E-state index in [1.54, 1.807) is 5.56 Å². The molecule has 2 aliphatic rings. The Bertz CT molecular complexity index is 722. The highest BCUT2D eigenvalue weighted by Gasteiger charge is 2.50. The maximum atomic E-state index is 10.5. The number of aliphatic hydroxyl groups excluding tert-OH is 1. The number of ether oxygens (including phenoxy) is 1. The average Bonchev–Trinajstić information content (AvgIpc) is 2.69. The maximum Gasteiger partial charge on any atom is 0.123 e. The van der Waals surface area contributed by atoms with Gasteiger partial charge in [0.25, 0.3) is 0 Å². The molecule has 2 aliphatic carbocycles. The molecule has 1 fully saturated rings. The molecule has 170 valence electrons. The van der Waals surface area contributed by atoms with Crippen molar-refractivity contribution in [3.05, 3.63) is 28.8 Å². The van der Waals surface area contributed by atoms with Gasteiger partial charge in [-0.1, -0.05) is 61.0 Å². The fraction of sp³-hybridized carbons (Fsp3) is 0.778. The largest absolute Gasteiger partial charge is 0.491 e. The molecule has 1 aromatic rings. The minimum atomic E-state index is -0.456. The molecule has 1 N–H and O–H groups in total. The van der Waals surface area contributed by atoms with Crippen molar-refractivity contribution in [2.24, 2.45) is 11.3 Å². The summed E-state index contributed by atoms with van der Waals surface area (Å²) < 4.78 is 6.25. The van der Waals surface area contributed by atoms with E-state index in [2.05, 4.69) is 65.5 Å². The van der Waals surface area contributed by atoms with Crippen LogP contribution >= 0.6 is 0 Å². The molecule has 0 amide bonds. The highest BCUT2D eigenvalue weighted by molar-refractivity contribution is 5.51. The van der Waals surface area contributed by atoms with Gasteiger partial charge in [0.1, 0.15) is 18.5 Å². The van der Waals surface area contributed by atoms with Gasteiger partial charge in [0, 0.05) is 12.1 Å². The van der Waals surface area contributed by atoms with Crippen LogP contribution in [-0.2, 0) is 11.8 Å². The lowest BCUT2D eigenvalue weighted by molar-refractivity contribution is 0.0402. The Morgan fingerprint density at radius 2 is 1.83 bits per heavy atom. The van der Waals surface area contributed by atoms with Crippen LogP contribution in [0.4, 0.5) is 0 Å². The monoisotopic (exact) mass is 415 g/mol. The first-order chi connectivity index (χ1) is 14.1. The van der Waals surface area contributed by atoms with Gasteiger partial charge in [-0.2, -0.15) is 0 Å². The second-order valence-electron chi connectivity index (χ2n) is 11.0. The summed E-state index contributed by atoms with van der Waals surface area (Å²) in [7, 11) is 0. The van der Waals surface area contributed by atoms with Gasteiger partial charge < -0.3 is 14.7 Å². The van der Waals surface area contributed by atoms with Gasteiger partial charge in [-0.15, -0.1) is 0 Å². The highest BCUT2D eigenvalue weighted by Crippen LogP contribution is 2.58. The van der Waals surface area contributed by atoms with Crippen LogP contribution in [0.15, 0.2) is 12.1 Å². The number of hydrogen-bond acceptors (Lipinski definition) is 3. The predicted molar refractivity (Wildman–Crippen MR) is 127 cm³/mol. The van der Waals surface area contributed by atoms with Crippen LogP contribution in [0, 0.1) is 11.3 Å². The standard InChI is InChI=1S/C27H45NO2/c1-8-28(9-2)17-20(29)18-30-23-13-12-22-21(25(23)19(3)4)11-14-24-26(5,6)15-10-16-27(22,24)7/h12-13,19-20,24,29H,8-11,14-18H2,1-7H3/t20?,24-,27+/m0/s1. The third kappa shape index (κ3) is 4.43. The molecular weight excluding hydrogens is 370 g/mol. The van der Waals surface area contributed by atoms with E-state index >= 15 is 0 Å². The Hall–Kier alpha value is -1.06. The van der Waals surface area contributed by atoms with E-state index in [0.717, 1.165) is 31.2 Å². The van der Waals surface area contributed by atoms with Crippen molar-refractivity contribution in [3.63, 3.8) is 0 Å². The van der Waals surface area contributed by atoms with Crippen molar-refractivity contribution in [2.45, 2.75) is 98.0 Å². The van der Waals surface area contributed by atoms with E-state index in [0.29, 0.717) is 24.5 Å².